The summed E-state index contributed by atoms with van der Waals surface area (Å²) in [4.78, 5) is 17.0. The molecule has 2 N–H and O–H groups in total. The first-order chi connectivity index (χ1) is 13.4. The lowest BCUT2D eigenvalue weighted by Gasteiger charge is -2.10. The van der Waals surface area contributed by atoms with Crippen molar-refractivity contribution in [2.45, 2.75) is 24.6 Å². The van der Waals surface area contributed by atoms with Gasteiger partial charge in [-0.15, -0.1) is 0 Å². The van der Waals surface area contributed by atoms with Crippen LogP contribution in [0.5, 0.6) is 0 Å². The molecule has 0 aromatic heterocycles. The summed E-state index contributed by atoms with van der Waals surface area (Å²) in [6.07, 6.45) is 0.956. The molecule has 0 bridgehead atoms. The smallest absolute Gasteiger partial charge is 0.255 e. The summed E-state index contributed by atoms with van der Waals surface area (Å²) in [5, 5.41) is 6.81. The number of amidine groups is 1. The SMILES string of the molecule is CCc1ccc(NC(=O)c2cccc(NC3=N[C@H]4CS(=O)(=O)C[C@H]4S3)c2)cc1. The van der Waals surface area contributed by atoms with Crippen molar-refractivity contribution in [2.24, 2.45) is 4.99 Å². The quantitative estimate of drug-likeness (QED) is 0.801. The maximum absolute atomic E-state index is 12.5. The van der Waals surface area contributed by atoms with Crippen LogP contribution in [0, 0.1) is 0 Å². The first-order valence-electron chi connectivity index (χ1n) is 9.14. The van der Waals surface area contributed by atoms with Gasteiger partial charge in [0.2, 0.25) is 0 Å². The van der Waals surface area contributed by atoms with Gasteiger partial charge in [0.25, 0.3) is 5.91 Å². The fourth-order valence-corrected chi connectivity index (χ4v) is 6.98. The van der Waals surface area contributed by atoms with Crippen LogP contribution in [-0.2, 0) is 16.3 Å². The van der Waals surface area contributed by atoms with Crippen LogP contribution >= 0.6 is 11.8 Å². The second kappa shape index (κ2) is 7.60. The molecule has 1 amide bonds. The van der Waals surface area contributed by atoms with Crippen molar-refractivity contribution in [3.8, 4) is 0 Å². The van der Waals surface area contributed by atoms with Gasteiger partial charge < -0.3 is 10.6 Å². The molecule has 2 aliphatic rings. The molecule has 2 aromatic rings. The highest BCUT2D eigenvalue weighted by molar-refractivity contribution is 8.15. The maximum Gasteiger partial charge on any atom is 0.255 e. The summed E-state index contributed by atoms with van der Waals surface area (Å²) < 4.78 is 23.3. The lowest BCUT2D eigenvalue weighted by atomic mass is 10.1. The molecule has 0 aliphatic carbocycles. The summed E-state index contributed by atoms with van der Waals surface area (Å²) in [6, 6.07) is 14.8. The molecule has 0 saturated carbocycles. The Morgan fingerprint density at radius 1 is 1.14 bits per heavy atom. The van der Waals surface area contributed by atoms with E-state index >= 15 is 0 Å². The molecule has 2 atom stereocenters. The van der Waals surface area contributed by atoms with Crippen LogP contribution in [0.25, 0.3) is 0 Å². The van der Waals surface area contributed by atoms with E-state index in [0.29, 0.717) is 10.7 Å². The number of amides is 1. The average Bonchev–Trinajstić information content (AvgIpc) is 3.15. The van der Waals surface area contributed by atoms with E-state index < -0.39 is 9.84 Å². The lowest BCUT2D eigenvalue weighted by molar-refractivity contribution is 0.102. The standard InChI is InChI=1S/C20H21N3O3S2/c1-2-13-6-8-15(9-7-13)21-19(24)14-4-3-5-16(10-14)22-20-23-17-11-28(25,26)12-18(17)27-20/h3-10,17-18H,2,11-12H2,1H3,(H,21,24)(H,22,23)/t17-,18+/m0/s1. The molecule has 4 rings (SSSR count). The fraction of sp³-hybridized carbons (Fsp3) is 0.300. The van der Waals surface area contributed by atoms with E-state index in [1.54, 1.807) is 12.1 Å². The minimum absolute atomic E-state index is 0.00919. The normalized spacial score (nSPS) is 22.4. The van der Waals surface area contributed by atoms with Gasteiger partial charge in [-0.25, -0.2) is 8.42 Å². The average molecular weight is 416 g/mol. The van der Waals surface area contributed by atoms with Gasteiger partial charge in [0.1, 0.15) is 0 Å². The Morgan fingerprint density at radius 3 is 2.64 bits per heavy atom. The van der Waals surface area contributed by atoms with Gasteiger partial charge in [-0.3, -0.25) is 9.79 Å². The van der Waals surface area contributed by atoms with Crippen molar-refractivity contribution in [1.82, 2.24) is 0 Å². The van der Waals surface area contributed by atoms with Crippen LogP contribution in [-0.4, -0.2) is 42.3 Å². The van der Waals surface area contributed by atoms with E-state index in [4.69, 9.17) is 0 Å². The Balaban J connectivity index is 1.42. The van der Waals surface area contributed by atoms with Crippen LogP contribution in [0.15, 0.2) is 53.5 Å². The number of carbonyl (C=O) groups is 1. The van der Waals surface area contributed by atoms with Crippen molar-refractivity contribution < 1.29 is 13.2 Å². The third-order valence-electron chi connectivity index (χ3n) is 4.81. The number of nitrogens with zero attached hydrogens (tertiary/aromatic N) is 1. The highest BCUT2D eigenvalue weighted by atomic mass is 32.2. The topological polar surface area (TPSA) is 87.6 Å². The summed E-state index contributed by atoms with van der Waals surface area (Å²) >= 11 is 1.46. The molecular weight excluding hydrogens is 394 g/mol. The second-order valence-electron chi connectivity index (χ2n) is 6.95. The Kier molecular flexibility index (Phi) is 5.16. The molecule has 0 radical (unpaired) electrons. The number of aliphatic imine (C=N–C) groups is 1. The van der Waals surface area contributed by atoms with E-state index in [-0.39, 0.29) is 28.7 Å². The molecule has 6 nitrogen and oxygen atoms in total. The van der Waals surface area contributed by atoms with Gasteiger partial charge in [-0.05, 0) is 42.3 Å². The summed E-state index contributed by atoms with van der Waals surface area (Å²) in [7, 11) is -2.96. The minimum Gasteiger partial charge on any atom is -0.335 e. The number of thioether (sulfide) groups is 1. The number of sulfone groups is 1. The third-order valence-corrected chi connectivity index (χ3v) is 7.96. The highest BCUT2D eigenvalue weighted by Crippen LogP contribution is 2.34. The zero-order valence-corrected chi connectivity index (χ0v) is 17.0. The Bertz CT molecular complexity index is 1030. The molecule has 8 heteroatoms. The number of anilines is 2. The molecule has 2 heterocycles. The van der Waals surface area contributed by atoms with E-state index in [9.17, 15) is 13.2 Å². The number of carbonyl (C=O) groups excluding carboxylic acids is 1. The van der Waals surface area contributed by atoms with E-state index in [0.717, 1.165) is 17.8 Å². The van der Waals surface area contributed by atoms with Gasteiger partial charge >= 0.3 is 0 Å². The van der Waals surface area contributed by atoms with Crippen molar-refractivity contribution in [1.29, 1.82) is 0 Å². The Hall–Kier alpha value is -2.32. The number of aryl methyl sites for hydroxylation is 1. The summed E-state index contributed by atoms with van der Waals surface area (Å²) in [6.45, 7) is 2.09. The van der Waals surface area contributed by atoms with Crippen molar-refractivity contribution >= 4 is 44.0 Å². The molecule has 0 unspecified atom stereocenters. The Morgan fingerprint density at radius 2 is 1.93 bits per heavy atom. The van der Waals surface area contributed by atoms with E-state index in [1.165, 1.54) is 17.3 Å². The molecule has 1 fully saturated rings. The summed E-state index contributed by atoms with van der Waals surface area (Å²) in [5.41, 5.74) is 3.26. The molecule has 1 saturated heterocycles. The van der Waals surface area contributed by atoms with Crippen LogP contribution in [0.1, 0.15) is 22.8 Å². The maximum atomic E-state index is 12.5. The molecule has 28 heavy (non-hydrogen) atoms. The van der Waals surface area contributed by atoms with Gasteiger partial charge in [-0.1, -0.05) is 36.9 Å². The molecule has 2 aliphatic heterocycles. The zero-order valence-electron chi connectivity index (χ0n) is 15.4. The predicted molar refractivity (Wildman–Crippen MR) is 115 cm³/mol. The van der Waals surface area contributed by atoms with E-state index in [1.807, 2.05) is 36.4 Å². The predicted octanol–water partition coefficient (Wildman–Crippen LogP) is 3.18. The lowest BCUT2D eigenvalue weighted by Crippen LogP contribution is -2.14. The van der Waals surface area contributed by atoms with Gasteiger partial charge in [0.05, 0.1) is 17.5 Å². The van der Waals surface area contributed by atoms with Gasteiger partial charge in [0.15, 0.2) is 15.0 Å². The number of benzene rings is 2. The summed E-state index contributed by atoms with van der Waals surface area (Å²) in [5.74, 6) is 0.114. The van der Waals surface area contributed by atoms with Crippen molar-refractivity contribution in [3.05, 3.63) is 59.7 Å². The fourth-order valence-electron chi connectivity index (χ4n) is 3.30. The van der Waals surface area contributed by atoms with Crippen LogP contribution < -0.4 is 10.6 Å². The highest BCUT2D eigenvalue weighted by Gasteiger charge is 2.42. The van der Waals surface area contributed by atoms with Crippen LogP contribution in [0.3, 0.4) is 0 Å². The molecular formula is C20H21N3O3S2. The molecule has 2 aromatic carbocycles. The van der Waals surface area contributed by atoms with Crippen molar-refractivity contribution in [3.63, 3.8) is 0 Å². The minimum atomic E-state index is -2.96. The van der Waals surface area contributed by atoms with Gasteiger partial charge in [0, 0.05) is 22.2 Å². The number of hydrogen-bond donors (Lipinski definition) is 2. The van der Waals surface area contributed by atoms with Gasteiger partial charge in [-0.2, -0.15) is 0 Å². The van der Waals surface area contributed by atoms with Crippen LogP contribution in [0.4, 0.5) is 11.4 Å². The zero-order chi connectivity index (χ0) is 19.7. The van der Waals surface area contributed by atoms with E-state index in [2.05, 4.69) is 22.5 Å². The molecule has 146 valence electrons. The molecule has 0 spiro atoms. The van der Waals surface area contributed by atoms with Crippen molar-refractivity contribution in [2.75, 3.05) is 22.1 Å². The number of nitrogens with one attached hydrogen (secondary N) is 2. The van der Waals surface area contributed by atoms with Crippen LogP contribution in [0.2, 0.25) is 0 Å². The second-order valence-corrected chi connectivity index (χ2v) is 10.3. The largest absolute Gasteiger partial charge is 0.335 e. The number of rotatable bonds is 4. The number of fused-ring (bicyclic) bond motifs is 1. The first kappa shape index (κ1) is 19.0. The Labute approximate surface area is 168 Å². The monoisotopic (exact) mass is 415 g/mol. The first-order valence-corrected chi connectivity index (χ1v) is 11.8. The third kappa shape index (κ3) is 4.23. The number of hydrogen-bond acceptors (Lipinski definition) is 6.